The Morgan fingerprint density at radius 2 is 2.00 bits per heavy atom. The summed E-state index contributed by atoms with van der Waals surface area (Å²) in [4.78, 5) is 29.1. The molecule has 0 spiro atoms. The fraction of sp³-hybridized carbons (Fsp3) is 0.500. The molecule has 1 aromatic heterocycles. The highest BCUT2D eigenvalue weighted by Crippen LogP contribution is 2.09. The number of hydrogen-bond donors (Lipinski definition) is 2. The standard InChI is InChI=1S/C14H21N3O3/c1-9(2)7-11(14(19)20)16-13(18)10-5-6-12(15-8-10)17(3)4/h5-6,8-9,11H,7H2,1-4H3,(H,16,18)(H,19,20)/t11-/m1/s1. The normalized spacial score (nSPS) is 12.1. The Labute approximate surface area is 118 Å². The van der Waals surface area contributed by atoms with Crippen molar-refractivity contribution in [3.8, 4) is 0 Å². The van der Waals surface area contributed by atoms with Crippen LogP contribution in [-0.2, 0) is 4.79 Å². The summed E-state index contributed by atoms with van der Waals surface area (Å²) in [5, 5.41) is 11.6. The number of amides is 1. The summed E-state index contributed by atoms with van der Waals surface area (Å²) in [6.45, 7) is 3.82. The zero-order valence-corrected chi connectivity index (χ0v) is 12.3. The van der Waals surface area contributed by atoms with E-state index in [9.17, 15) is 9.59 Å². The highest BCUT2D eigenvalue weighted by atomic mass is 16.4. The fourth-order valence-corrected chi connectivity index (χ4v) is 1.72. The number of hydrogen-bond acceptors (Lipinski definition) is 4. The predicted octanol–water partition coefficient (Wildman–Crippen LogP) is 1.38. The first-order valence-electron chi connectivity index (χ1n) is 6.48. The van der Waals surface area contributed by atoms with Crippen molar-refractivity contribution in [3.63, 3.8) is 0 Å². The monoisotopic (exact) mass is 279 g/mol. The van der Waals surface area contributed by atoms with E-state index in [-0.39, 0.29) is 5.92 Å². The Kier molecular flexibility index (Phi) is 5.49. The van der Waals surface area contributed by atoms with E-state index in [4.69, 9.17) is 5.11 Å². The number of anilines is 1. The average molecular weight is 279 g/mol. The van der Waals surface area contributed by atoms with Gasteiger partial charge in [0.25, 0.3) is 5.91 Å². The summed E-state index contributed by atoms with van der Waals surface area (Å²) in [5.74, 6) is -0.523. The number of aliphatic carboxylic acids is 1. The molecule has 110 valence electrons. The molecule has 1 rings (SSSR count). The van der Waals surface area contributed by atoms with Gasteiger partial charge in [0.2, 0.25) is 0 Å². The molecule has 1 heterocycles. The minimum absolute atomic E-state index is 0.186. The van der Waals surface area contributed by atoms with Crippen LogP contribution in [0.4, 0.5) is 5.82 Å². The third kappa shape index (κ3) is 4.53. The van der Waals surface area contributed by atoms with E-state index < -0.39 is 17.9 Å². The van der Waals surface area contributed by atoms with Crippen LogP contribution in [0.25, 0.3) is 0 Å². The minimum Gasteiger partial charge on any atom is -0.480 e. The van der Waals surface area contributed by atoms with Crippen molar-refractivity contribution < 1.29 is 14.7 Å². The molecule has 0 aliphatic carbocycles. The lowest BCUT2D eigenvalue weighted by Gasteiger charge is -2.16. The Morgan fingerprint density at radius 3 is 2.40 bits per heavy atom. The largest absolute Gasteiger partial charge is 0.480 e. The van der Waals surface area contributed by atoms with Gasteiger partial charge in [-0.25, -0.2) is 9.78 Å². The van der Waals surface area contributed by atoms with Crippen molar-refractivity contribution in [1.29, 1.82) is 0 Å². The van der Waals surface area contributed by atoms with Gasteiger partial charge in [-0.3, -0.25) is 4.79 Å². The Morgan fingerprint density at radius 1 is 1.35 bits per heavy atom. The maximum absolute atomic E-state index is 12.0. The maximum atomic E-state index is 12.0. The summed E-state index contributed by atoms with van der Waals surface area (Å²) >= 11 is 0. The number of carbonyl (C=O) groups is 2. The maximum Gasteiger partial charge on any atom is 0.326 e. The van der Waals surface area contributed by atoms with Gasteiger partial charge in [0.05, 0.1) is 5.56 Å². The van der Waals surface area contributed by atoms with Crippen LogP contribution >= 0.6 is 0 Å². The molecule has 1 aromatic rings. The zero-order valence-electron chi connectivity index (χ0n) is 12.3. The lowest BCUT2D eigenvalue weighted by molar-refractivity contribution is -0.139. The first kappa shape index (κ1) is 15.9. The van der Waals surface area contributed by atoms with E-state index >= 15 is 0 Å². The molecule has 0 radical (unpaired) electrons. The lowest BCUT2D eigenvalue weighted by atomic mass is 10.0. The van der Waals surface area contributed by atoms with Crippen LogP contribution in [0.2, 0.25) is 0 Å². The number of carboxylic acid groups (broad SMARTS) is 1. The van der Waals surface area contributed by atoms with Gasteiger partial charge in [-0.15, -0.1) is 0 Å². The van der Waals surface area contributed by atoms with Crippen molar-refractivity contribution in [2.45, 2.75) is 26.3 Å². The third-order valence-corrected chi connectivity index (χ3v) is 2.78. The van der Waals surface area contributed by atoms with E-state index in [2.05, 4.69) is 10.3 Å². The highest BCUT2D eigenvalue weighted by Gasteiger charge is 2.21. The minimum atomic E-state index is -1.02. The number of carbonyl (C=O) groups excluding carboxylic acids is 1. The topological polar surface area (TPSA) is 82.5 Å². The molecular formula is C14H21N3O3. The fourth-order valence-electron chi connectivity index (χ4n) is 1.72. The van der Waals surface area contributed by atoms with Crippen LogP contribution in [0, 0.1) is 5.92 Å². The van der Waals surface area contributed by atoms with E-state index in [0.717, 1.165) is 5.82 Å². The van der Waals surface area contributed by atoms with Crippen LogP contribution in [-0.4, -0.2) is 42.1 Å². The summed E-state index contributed by atoms with van der Waals surface area (Å²) in [7, 11) is 3.70. The SMILES string of the molecule is CC(C)C[C@@H](NC(=O)c1ccc(N(C)C)nc1)C(=O)O. The smallest absolute Gasteiger partial charge is 0.326 e. The lowest BCUT2D eigenvalue weighted by Crippen LogP contribution is -2.41. The van der Waals surface area contributed by atoms with Crippen LogP contribution in [0.3, 0.4) is 0 Å². The van der Waals surface area contributed by atoms with Gasteiger partial charge >= 0.3 is 5.97 Å². The molecule has 0 aromatic carbocycles. The molecule has 0 bridgehead atoms. The Bertz CT molecular complexity index is 469. The first-order valence-corrected chi connectivity index (χ1v) is 6.48. The van der Waals surface area contributed by atoms with Gasteiger partial charge in [-0.05, 0) is 24.5 Å². The molecule has 1 amide bonds. The molecule has 1 atom stereocenters. The molecule has 0 fully saturated rings. The average Bonchev–Trinajstić information content (AvgIpc) is 2.37. The Balaban J connectivity index is 2.76. The van der Waals surface area contributed by atoms with Gasteiger partial charge in [-0.1, -0.05) is 13.8 Å². The number of nitrogens with one attached hydrogen (secondary N) is 1. The van der Waals surface area contributed by atoms with Crippen LogP contribution in [0.5, 0.6) is 0 Å². The highest BCUT2D eigenvalue weighted by molar-refractivity contribution is 5.96. The third-order valence-electron chi connectivity index (χ3n) is 2.78. The summed E-state index contributed by atoms with van der Waals surface area (Å²) in [6.07, 6.45) is 1.84. The van der Waals surface area contributed by atoms with E-state index in [1.165, 1.54) is 6.20 Å². The second kappa shape index (κ2) is 6.88. The van der Waals surface area contributed by atoms with Crippen LogP contribution in [0.15, 0.2) is 18.3 Å². The van der Waals surface area contributed by atoms with Crippen molar-refractivity contribution in [2.24, 2.45) is 5.92 Å². The van der Waals surface area contributed by atoms with Gasteiger partial charge in [0, 0.05) is 20.3 Å². The number of aromatic nitrogens is 1. The Hall–Kier alpha value is -2.11. The molecule has 0 aliphatic heterocycles. The van der Waals surface area contributed by atoms with Crippen molar-refractivity contribution in [3.05, 3.63) is 23.9 Å². The number of carboxylic acids is 1. The molecule has 0 unspecified atom stereocenters. The molecule has 0 saturated carbocycles. The quantitative estimate of drug-likeness (QED) is 0.822. The van der Waals surface area contributed by atoms with Gasteiger partial charge < -0.3 is 15.3 Å². The molecule has 0 aliphatic rings. The van der Waals surface area contributed by atoms with Gasteiger partial charge in [0.15, 0.2) is 0 Å². The molecule has 0 saturated heterocycles. The number of nitrogens with zero attached hydrogens (tertiary/aromatic N) is 2. The van der Waals surface area contributed by atoms with E-state index in [0.29, 0.717) is 12.0 Å². The molecule has 20 heavy (non-hydrogen) atoms. The van der Waals surface area contributed by atoms with E-state index in [1.54, 1.807) is 12.1 Å². The molecule has 6 heteroatoms. The van der Waals surface area contributed by atoms with E-state index in [1.807, 2.05) is 32.8 Å². The summed E-state index contributed by atoms with van der Waals surface area (Å²) in [6, 6.07) is 2.47. The van der Waals surface area contributed by atoms with Crippen molar-refractivity contribution in [1.82, 2.24) is 10.3 Å². The summed E-state index contributed by atoms with van der Waals surface area (Å²) in [5.41, 5.74) is 0.352. The van der Waals surface area contributed by atoms with Crippen LogP contribution < -0.4 is 10.2 Å². The molecular weight excluding hydrogens is 258 g/mol. The van der Waals surface area contributed by atoms with Crippen molar-refractivity contribution >= 4 is 17.7 Å². The predicted molar refractivity (Wildman–Crippen MR) is 76.9 cm³/mol. The van der Waals surface area contributed by atoms with Crippen molar-refractivity contribution in [2.75, 3.05) is 19.0 Å². The second-order valence-electron chi connectivity index (χ2n) is 5.29. The number of rotatable bonds is 6. The van der Waals surface area contributed by atoms with Gasteiger partial charge in [0.1, 0.15) is 11.9 Å². The molecule has 2 N–H and O–H groups in total. The van der Waals surface area contributed by atoms with Crippen LogP contribution in [0.1, 0.15) is 30.6 Å². The first-order chi connectivity index (χ1) is 9.31. The second-order valence-corrected chi connectivity index (χ2v) is 5.29. The molecule has 6 nitrogen and oxygen atoms in total. The summed E-state index contributed by atoms with van der Waals surface area (Å²) < 4.78 is 0. The van der Waals surface area contributed by atoms with Gasteiger partial charge in [-0.2, -0.15) is 0 Å². The number of pyridine rings is 1. The zero-order chi connectivity index (χ0) is 15.3.